The van der Waals surface area contributed by atoms with Gasteiger partial charge in [0, 0.05) is 10.8 Å². The third-order valence-corrected chi connectivity index (χ3v) is 2.57. The Morgan fingerprint density at radius 2 is 1.59 bits per heavy atom. The van der Waals surface area contributed by atoms with Crippen LogP contribution in [0, 0.1) is 0 Å². The predicted octanol–water partition coefficient (Wildman–Crippen LogP) is 3.21. The van der Waals surface area contributed by atoms with Gasteiger partial charge in [-0.3, -0.25) is 0 Å². The fourth-order valence-electron chi connectivity index (χ4n) is 1.61. The topological polar surface area (TPSA) is 51.8 Å². The molecule has 0 aliphatic rings. The zero-order valence-corrected chi connectivity index (χ0v) is 11.3. The van der Waals surface area contributed by atoms with Crippen molar-refractivity contribution in [3.8, 4) is 0 Å². The van der Waals surface area contributed by atoms with E-state index in [2.05, 4.69) is 56.5 Å². The molecule has 2 aromatic rings. The zero-order chi connectivity index (χ0) is 12.8. The monoisotopic (exact) mass is 233 g/mol. The molecule has 0 saturated heterocycles. The highest BCUT2D eigenvalue weighted by Crippen LogP contribution is 2.29. The van der Waals surface area contributed by atoms with Gasteiger partial charge < -0.3 is 4.42 Å². The third-order valence-electron chi connectivity index (χ3n) is 2.57. The first kappa shape index (κ1) is 12.0. The lowest BCUT2D eigenvalue weighted by Gasteiger charge is -2.22. The van der Waals surface area contributed by atoms with Gasteiger partial charge in [-0.05, 0) is 0 Å². The lowest BCUT2D eigenvalue weighted by atomic mass is 9.90. The van der Waals surface area contributed by atoms with Crippen LogP contribution in [0.3, 0.4) is 0 Å². The molecule has 2 heterocycles. The largest absolute Gasteiger partial charge is 0.440 e. The summed E-state index contributed by atoms with van der Waals surface area (Å²) in [6.07, 6.45) is 1.43. The molecule has 0 aliphatic carbocycles. The van der Waals surface area contributed by atoms with Crippen LogP contribution in [0.15, 0.2) is 10.8 Å². The number of rotatable bonds is 0. The molecule has 0 amide bonds. The lowest BCUT2D eigenvalue weighted by Crippen LogP contribution is -2.21. The van der Waals surface area contributed by atoms with Gasteiger partial charge in [-0.2, -0.15) is 4.98 Å². The Labute approximate surface area is 101 Å². The van der Waals surface area contributed by atoms with Crippen LogP contribution in [-0.4, -0.2) is 15.0 Å². The van der Waals surface area contributed by atoms with Crippen LogP contribution in [0.5, 0.6) is 0 Å². The van der Waals surface area contributed by atoms with Crippen LogP contribution >= 0.6 is 0 Å². The SMILES string of the molecule is CC(C)(C)c1nc(C(C)(C)C)c2ocnc2n1. The van der Waals surface area contributed by atoms with Crippen molar-refractivity contribution in [1.29, 1.82) is 0 Å². The van der Waals surface area contributed by atoms with Crippen LogP contribution in [0.25, 0.3) is 11.2 Å². The molecule has 0 N–H and O–H groups in total. The molecule has 0 spiro atoms. The predicted molar refractivity (Wildman–Crippen MR) is 67.0 cm³/mol. The molecule has 2 aromatic heterocycles. The van der Waals surface area contributed by atoms with E-state index in [4.69, 9.17) is 4.42 Å². The fraction of sp³-hybridized carbons (Fsp3) is 0.615. The second-order valence-corrected chi connectivity index (χ2v) is 6.40. The minimum atomic E-state index is -0.0901. The number of nitrogens with zero attached hydrogens (tertiary/aromatic N) is 3. The molecular formula is C13H19N3O. The van der Waals surface area contributed by atoms with Gasteiger partial charge in [0.1, 0.15) is 5.82 Å². The molecule has 4 nitrogen and oxygen atoms in total. The van der Waals surface area contributed by atoms with Crippen molar-refractivity contribution in [2.45, 2.75) is 52.4 Å². The molecule has 0 saturated carbocycles. The first-order chi connectivity index (χ1) is 7.69. The highest BCUT2D eigenvalue weighted by Gasteiger charge is 2.27. The van der Waals surface area contributed by atoms with Crippen LogP contribution in [0.4, 0.5) is 0 Å². The molecule has 0 bridgehead atoms. The molecule has 4 heteroatoms. The first-order valence-electron chi connectivity index (χ1n) is 5.82. The maximum Gasteiger partial charge on any atom is 0.202 e. The first-order valence-corrected chi connectivity index (χ1v) is 5.82. The van der Waals surface area contributed by atoms with Crippen LogP contribution in [-0.2, 0) is 10.8 Å². The molecule has 92 valence electrons. The normalized spacial score (nSPS) is 13.3. The van der Waals surface area contributed by atoms with E-state index in [0.717, 1.165) is 11.5 Å². The Balaban J connectivity index is 2.76. The van der Waals surface area contributed by atoms with Crippen molar-refractivity contribution >= 4 is 11.2 Å². The van der Waals surface area contributed by atoms with Crippen molar-refractivity contribution in [2.24, 2.45) is 0 Å². The van der Waals surface area contributed by atoms with Crippen molar-refractivity contribution in [1.82, 2.24) is 15.0 Å². The summed E-state index contributed by atoms with van der Waals surface area (Å²) in [5.41, 5.74) is 2.10. The summed E-state index contributed by atoms with van der Waals surface area (Å²) in [7, 11) is 0. The van der Waals surface area contributed by atoms with Gasteiger partial charge in [0.05, 0.1) is 5.69 Å². The van der Waals surface area contributed by atoms with E-state index < -0.39 is 0 Å². The number of aromatic nitrogens is 3. The number of hydrogen-bond donors (Lipinski definition) is 0. The fourth-order valence-corrected chi connectivity index (χ4v) is 1.61. The molecule has 0 aliphatic heterocycles. The van der Waals surface area contributed by atoms with Crippen molar-refractivity contribution in [2.75, 3.05) is 0 Å². The highest BCUT2D eigenvalue weighted by atomic mass is 16.3. The van der Waals surface area contributed by atoms with Gasteiger partial charge in [-0.25, -0.2) is 9.97 Å². The maximum absolute atomic E-state index is 5.41. The van der Waals surface area contributed by atoms with Crippen LogP contribution in [0.2, 0.25) is 0 Å². The van der Waals surface area contributed by atoms with E-state index in [1.807, 2.05) is 0 Å². The average molecular weight is 233 g/mol. The molecule has 0 aromatic carbocycles. The number of fused-ring (bicyclic) bond motifs is 1. The van der Waals surface area contributed by atoms with E-state index in [1.165, 1.54) is 6.39 Å². The number of hydrogen-bond acceptors (Lipinski definition) is 4. The van der Waals surface area contributed by atoms with E-state index in [1.54, 1.807) is 0 Å². The second kappa shape index (κ2) is 3.52. The molecule has 17 heavy (non-hydrogen) atoms. The standard InChI is InChI=1S/C13H19N3O/c1-12(2,3)9-8-10(14-7-17-8)16-11(15-9)13(4,5)6/h7H,1-6H3. The number of oxazole rings is 1. The van der Waals surface area contributed by atoms with Crippen molar-refractivity contribution < 1.29 is 4.42 Å². The van der Waals surface area contributed by atoms with E-state index in [9.17, 15) is 0 Å². The molecule has 2 rings (SSSR count). The Morgan fingerprint density at radius 3 is 2.12 bits per heavy atom. The Hall–Kier alpha value is -1.45. The Bertz CT molecular complexity index is 544. The second-order valence-electron chi connectivity index (χ2n) is 6.40. The summed E-state index contributed by atoms with van der Waals surface area (Å²) in [5.74, 6) is 0.809. The molecule has 0 atom stereocenters. The summed E-state index contributed by atoms with van der Waals surface area (Å²) in [4.78, 5) is 13.3. The van der Waals surface area contributed by atoms with Gasteiger partial charge in [0.25, 0.3) is 0 Å². The summed E-state index contributed by atoms with van der Waals surface area (Å²) in [5, 5.41) is 0. The lowest BCUT2D eigenvalue weighted by molar-refractivity contribution is 0.506. The summed E-state index contributed by atoms with van der Waals surface area (Å²) >= 11 is 0. The van der Waals surface area contributed by atoms with E-state index >= 15 is 0 Å². The van der Waals surface area contributed by atoms with Gasteiger partial charge >= 0.3 is 0 Å². The molecular weight excluding hydrogens is 214 g/mol. The third kappa shape index (κ3) is 2.16. The Morgan fingerprint density at radius 1 is 0.941 bits per heavy atom. The zero-order valence-electron chi connectivity index (χ0n) is 11.3. The molecule has 0 unspecified atom stereocenters. The summed E-state index contributed by atoms with van der Waals surface area (Å²) in [6, 6.07) is 0. The van der Waals surface area contributed by atoms with E-state index in [-0.39, 0.29) is 10.8 Å². The Kier molecular flexibility index (Phi) is 2.49. The van der Waals surface area contributed by atoms with Crippen LogP contribution < -0.4 is 0 Å². The maximum atomic E-state index is 5.41. The highest BCUT2D eigenvalue weighted by molar-refractivity contribution is 5.71. The summed E-state index contributed by atoms with van der Waals surface area (Å²) in [6.45, 7) is 12.6. The minimum Gasteiger partial charge on any atom is -0.440 e. The van der Waals surface area contributed by atoms with Gasteiger partial charge in [0.2, 0.25) is 5.65 Å². The minimum absolute atomic E-state index is 0.0826. The average Bonchev–Trinajstić information content (AvgIpc) is 2.59. The smallest absolute Gasteiger partial charge is 0.202 e. The van der Waals surface area contributed by atoms with Gasteiger partial charge in [0.15, 0.2) is 12.0 Å². The van der Waals surface area contributed by atoms with Crippen LogP contribution in [0.1, 0.15) is 53.1 Å². The van der Waals surface area contributed by atoms with Crippen molar-refractivity contribution in [3.63, 3.8) is 0 Å². The van der Waals surface area contributed by atoms with Gasteiger partial charge in [-0.1, -0.05) is 41.5 Å². The summed E-state index contributed by atoms with van der Waals surface area (Å²) < 4.78 is 5.41. The van der Waals surface area contributed by atoms with Gasteiger partial charge in [-0.15, -0.1) is 0 Å². The quantitative estimate of drug-likeness (QED) is 0.701. The van der Waals surface area contributed by atoms with E-state index in [0.29, 0.717) is 11.2 Å². The molecule has 0 radical (unpaired) electrons. The van der Waals surface area contributed by atoms with Crippen molar-refractivity contribution in [3.05, 3.63) is 17.9 Å². The molecule has 0 fully saturated rings.